The minimum Gasteiger partial charge on any atom is -0.496 e. The van der Waals surface area contributed by atoms with Gasteiger partial charge in [-0.2, -0.15) is 0 Å². The van der Waals surface area contributed by atoms with Crippen LogP contribution in [-0.4, -0.2) is 65.9 Å². The summed E-state index contributed by atoms with van der Waals surface area (Å²) < 4.78 is 12.4. The molecule has 39 heavy (non-hydrogen) atoms. The molecule has 0 radical (unpaired) electrons. The summed E-state index contributed by atoms with van der Waals surface area (Å²) in [7, 11) is 1.55. The van der Waals surface area contributed by atoms with E-state index in [1.54, 1.807) is 42.3 Å². The quantitative estimate of drug-likeness (QED) is 0.424. The molecular formula is C27H24ClN3O6S2. The standard InChI is InChI=1S/C27H24ClN3O6S2/c1-36-18-5-3-2-4-17(18)20-21-22(25(34)31(24(21)33)16-8-6-15(28)7-9-16)38-26-23(20)39-27(35)30(26)14-19(32)29-10-12-37-13-11-29/h2-9,20-22H,10-14H2,1H3. The highest BCUT2D eigenvalue weighted by atomic mass is 35.5. The van der Waals surface area contributed by atoms with Gasteiger partial charge in [-0.3, -0.25) is 23.7 Å². The fourth-order valence-corrected chi connectivity index (χ4v) is 8.30. The molecule has 202 valence electrons. The van der Waals surface area contributed by atoms with Gasteiger partial charge in [-0.15, -0.1) is 0 Å². The summed E-state index contributed by atoms with van der Waals surface area (Å²) in [6, 6.07) is 13.9. The van der Waals surface area contributed by atoms with E-state index in [0.29, 0.717) is 58.2 Å². The van der Waals surface area contributed by atoms with E-state index in [-0.39, 0.29) is 29.1 Å². The number of anilines is 1. The van der Waals surface area contributed by atoms with Gasteiger partial charge in [0, 0.05) is 34.5 Å². The summed E-state index contributed by atoms with van der Waals surface area (Å²) in [5, 5.41) is 0.255. The van der Waals surface area contributed by atoms with Crippen molar-refractivity contribution in [1.29, 1.82) is 0 Å². The molecule has 0 bridgehead atoms. The highest BCUT2D eigenvalue weighted by Crippen LogP contribution is 2.55. The second kappa shape index (κ2) is 10.5. The van der Waals surface area contributed by atoms with Crippen LogP contribution >= 0.6 is 34.7 Å². The van der Waals surface area contributed by atoms with Crippen molar-refractivity contribution in [3.05, 3.63) is 73.7 Å². The van der Waals surface area contributed by atoms with Crippen molar-refractivity contribution >= 4 is 58.1 Å². The molecule has 2 aromatic carbocycles. The Bertz CT molecular complexity index is 1510. The fraction of sp³-hybridized carbons (Fsp3) is 0.333. The van der Waals surface area contributed by atoms with E-state index in [2.05, 4.69) is 0 Å². The minimum atomic E-state index is -0.783. The lowest BCUT2D eigenvalue weighted by molar-refractivity contribution is -0.136. The zero-order chi connectivity index (χ0) is 27.3. The van der Waals surface area contributed by atoms with Crippen LogP contribution in [0.1, 0.15) is 16.4 Å². The third-order valence-electron chi connectivity index (χ3n) is 7.27. The Balaban J connectivity index is 1.46. The molecule has 1 aromatic heterocycles. The van der Waals surface area contributed by atoms with Gasteiger partial charge < -0.3 is 14.4 Å². The van der Waals surface area contributed by atoms with Crippen molar-refractivity contribution in [2.75, 3.05) is 38.3 Å². The van der Waals surface area contributed by atoms with Crippen molar-refractivity contribution in [1.82, 2.24) is 9.47 Å². The second-order valence-electron chi connectivity index (χ2n) is 9.39. The maximum atomic E-state index is 14.0. The van der Waals surface area contributed by atoms with Crippen molar-refractivity contribution in [3.8, 4) is 5.75 Å². The molecule has 4 heterocycles. The van der Waals surface area contributed by atoms with Gasteiger partial charge >= 0.3 is 4.87 Å². The number of morpholine rings is 1. The Labute approximate surface area is 237 Å². The number of rotatable bonds is 5. The van der Waals surface area contributed by atoms with Crippen LogP contribution in [0.25, 0.3) is 0 Å². The molecule has 3 unspecified atom stereocenters. The normalized spacial score (nSPS) is 22.6. The highest BCUT2D eigenvalue weighted by molar-refractivity contribution is 8.00. The number of carbonyl (C=O) groups is 3. The maximum Gasteiger partial charge on any atom is 0.308 e. The van der Waals surface area contributed by atoms with Gasteiger partial charge in [-0.05, 0) is 30.3 Å². The molecule has 0 N–H and O–H groups in total. The number of imide groups is 1. The molecule has 3 amide bonds. The predicted molar refractivity (Wildman–Crippen MR) is 148 cm³/mol. The number of thioether (sulfide) groups is 1. The first kappa shape index (κ1) is 26.1. The first-order chi connectivity index (χ1) is 18.9. The number of aromatic nitrogens is 1. The van der Waals surface area contributed by atoms with Crippen LogP contribution in [0.5, 0.6) is 5.75 Å². The molecule has 3 aliphatic heterocycles. The number of hydrogen-bond donors (Lipinski definition) is 0. The molecule has 3 aliphatic rings. The monoisotopic (exact) mass is 585 g/mol. The van der Waals surface area contributed by atoms with Crippen LogP contribution in [0.2, 0.25) is 5.02 Å². The number of fused-ring (bicyclic) bond motifs is 2. The van der Waals surface area contributed by atoms with E-state index in [4.69, 9.17) is 21.1 Å². The Hall–Kier alpha value is -3.12. The van der Waals surface area contributed by atoms with Gasteiger partial charge in [0.05, 0.1) is 37.0 Å². The number of methoxy groups -OCH3 is 1. The van der Waals surface area contributed by atoms with Crippen molar-refractivity contribution in [2.45, 2.75) is 22.7 Å². The van der Waals surface area contributed by atoms with E-state index in [1.165, 1.54) is 21.2 Å². The summed E-state index contributed by atoms with van der Waals surface area (Å²) in [6.07, 6.45) is 0. The Morgan fingerprint density at radius 1 is 1.05 bits per heavy atom. The van der Waals surface area contributed by atoms with Crippen LogP contribution in [0.15, 0.2) is 58.4 Å². The third-order valence-corrected chi connectivity index (χ3v) is 10.1. The first-order valence-corrected chi connectivity index (χ1v) is 14.5. The molecule has 0 saturated carbocycles. The van der Waals surface area contributed by atoms with E-state index >= 15 is 0 Å². The number of halogens is 1. The van der Waals surface area contributed by atoms with Crippen molar-refractivity contribution in [2.24, 2.45) is 5.92 Å². The lowest BCUT2D eigenvalue weighted by atomic mass is 9.82. The van der Waals surface area contributed by atoms with Crippen LogP contribution in [0, 0.1) is 5.92 Å². The Morgan fingerprint density at radius 2 is 1.77 bits per heavy atom. The van der Waals surface area contributed by atoms with Gasteiger partial charge in [0.15, 0.2) is 0 Å². The summed E-state index contributed by atoms with van der Waals surface area (Å²) in [6.45, 7) is 1.69. The average molecular weight is 586 g/mol. The van der Waals surface area contributed by atoms with Crippen LogP contribution in [0.3, 0.4) is 0 Å². The van der Waals surface area contributed by atoms with Crippen LogP contribution in [0.4, 0.5) is 5.69 Å². The first-order valence-electron chi connectivity index (χ1n) is 12.4. The Morgan fingerprint density at radius 3 is 2.49 bits per heavy atom. The summed E-state index contributed by atoms with van der Waals surface area (Å²) in [5.41, 5.74) is 1.15. The van der Waals surface area contributed by atoms with E-state index in [1.807, 2.05) is 18.2 Å². The van der Waals surface area contributed by atoms with E-state index in [9.17, 15) is 19.2 Å². The number of amides is 3. The summed E-state index contributed by atoms with van der Waals surface area (Å²) >= 11 is 8.25. The smallest absolute Gasteiger partial charge is 0.308 e. The number of thiazole rings is 1. The number of carbonyl (C=O) groups excluding carboxylic acids is 3. The lowest BCUT2D eigenvalue weighted by Crippen LogP contribution is -2.43. The molecule has 6 rings (SSSR count). The summed E-state index contributed by atoms with van der Waals surface area (Å²) in [5.74, 6) is -1.71. The topological polar surface area (TPSA) is 98.2 Å². The highest BCUT2D eigenvalue weighted by Gasteiger charge is 2.57. The van der Waals surface area contributed by atoms with Gasteiger partial charge in [0.1, 0.15) is 17.5 Å². The van der Waals surface area contributed by atoms with Gasteiger partial charge in [0.25, 0.3) is 0 Å². The van der Waals surface area contributed by atoms with Crippen molar-refractivity contribution in [3.63, 3.8) is 0 Å². The summed E-state index contributed by atoms with van der Waals surface area (Å²) in [4.78, 5) is 57.4. The molecule has 9 nitrogen and oxygen atoms in total. The number of benzene rings is 2. The number of para-hydroxylation sites is 1. The zero-order valence-electron chi connectivity index (χ0n) is 20.9. The molecule has 2 fully saturated rings. The van der Waals surface area contributed by atoms with E-state index < -0.39 is 17.1 Å². The SMILES string of the molecule is COc1ccccc1C1c2sc(=O)n(CC(=O)N3CCOCC3)c2SC2C(=O)N(c3ccc(Cl)cc3)C(=O)C21. The number of hydrogen-bond acceptors (Lipinski definition) is 8. The molecule has 0 spiro atoms. The number of ether oxygens (including phenoxy) is 2. The van der Waals surface area contributed by atoms with Gasteiger partial charge in [-0.25, -0.2) is 4.90 Å². The zero-order valence-corrected chi connectivity index (χ0v) is 23.3. The number of nitrogens with zero attached hydrogens (tertiary/aromatic N) is 3. The van der Waals surface area contributed by atoms with E-state index in [0.717, 1.165) is 11.3 Å². The molecule has 3 aromatic rings. The molecule has 2 saturated heterocycles. The molecule has 0 aliphatic carbocycles. The van der Waals surface area contributed by atoms with Crippen LogP contribution in [-0.2, 0) is 25.7 Å². The third kappa shape index (κ3) is 4.47. The second-order valence-corrected chi connectivity index (χ2v) is 11.9. The molecule has 12 heteroatoms. The molecular weight excluding hydrogens is 562 g/mol. The van der Waals surface area contributed by atoms with Crippen LogP contribution < -0.4 is 14.5 Å². The Kier molecular flexibility index (Phi) is 7.00. The maximum absolute atomic E-state index is 14.0. The van der Waals surface area contributed by atoms with Crippen molar-refractivity contribution < 1.29 is 23.9 Å². The molecule has 3 atom stereocenters. The van der Waals surface area contributed by atoms with Gasteiger partial charge in [0.2, 0.25) is 17.7 Å². The lowest BCUT2D eigenvalue weighted by Gasteiger charge is -2.32. The average Bonchev–Trinajstić information content (AvgIpc) is 3.40. The predicted octanol–water partition coefficient (Wildman–Crippen LogP) is 3.23. The fourth-order valence-electron chi connectivity index (χ4n) is 5.41. The largest absolute Gasteiger partial charge is 0.496 e. The minimum absolute atomic E-state index is 0.142. The van der Waals surface area contributed by atoms with Gasteiger partial charge in [-0.1, -0.05) is 52.9 Å².